The maximum absolute atomic E-state index is 12.8. The molecular formula is C14H16F3NO3. The highest BCUT2D eigenvalue weighted by molar-refractivity contribution is 5.68. The van der Waals surface area contributed by atoms with E-state index in [9.17, 15) is 18.0 Å². The van der Waals surface area contributed by atoms with Gasteiger partial charge in [-0.25, -0.2) is 4.79 Å². The molecule has 1 amide bonds. The third-order valence-corrected chi connectivity index (χ3v) is 3.56. The van der Waals surface area contributed by atoms with Crippen LogP contribution in [0.25, 0.3) is 0 Å². The van der Waals surface area contributed by atoms with Gasteiger partial charge in [0.2, 0.25) is 0 Å². The van der Waals surface area contributed by atoms with E-state index >= 15 is 0 Å². The molecular weight excluding hydrogens is 287 g/mol. The summed E-state index contributed by atoms with van der Waals surface area (Å²) < 4.78 is 43.4. The van der Waals surface area contributed by atoms with Gasteiger partial charge in [-0.05, 0) is 5.56 Å². The maximum Gasteiger partial charge on any atom is 0.410 e. The van der Waals surface area contributed by atoms with Gasteiger partial charge in [-0.2, -0.15) is 13.2 Å². The number of carbonyl (C=O) groups is 1. The Balaban J connectivity index is 1.92. The average Bonchev–Trinajstić information content (AvgIpc) is 2.90. The first-order chi connectivity index (χ1) is 9.91. The monoisotopic (exact) mass is 303 g/mol. The summed E-state index contributed by atoms with van der Waals surface area (Å²) in [6.07, 6.45) is -5.22. The van der Waals surface area contributed by atoms with Gasteiger partial charge >= 0.3 is 12.3 Å². The molecule has 0 radical (unpaired) electrons. The lowest BCUT2D eigenvalue weighted by Crippen LogP contribution is -2.33. The Morgan fingerprint density at radius 3 is 2.48 bits per heavy atom. The highest BCUT2D eigenvalue weighted by Gasteiger charge is 2.50. The summed E-state index contributed by atoms with van der Waals surface area (Å²) >= 11 is 0. The van der Waals surface area contributed by atoms with Crippen molar-refractivity contribution < 1.29 is 27.8 Å². The first-order valence-corrected chi connectivity index (χ1v) is 6.55. The Labute approximate surface area is 120 Å². The third kappa shape index (κ3) is 3.87. The minimum atomic E-state index is -4.43. The summed E-state index contributed by atoms with van der Waals surface area (Å²) in [6.45, 7) is -1.21. The van der Waals surface area contributed by atoms with Gasteiger partial charge in [-0.1, -0.05) is 30.3 Å². The van der Waals surface area contributed by atoms with Crippen LogP contribution in [-0.4, -0.2) is 42.0 Å². The number of aliphatic hydroxyl groups is 1. The second-order valence-corrected chi connectivity index (χ2v) is 5.04. The number of hydrogen-bond donors (Lipinski definition) is 1. The molecule has 1 aromatic rings. The van der Waals surface area contributed by atoms with Gasteiger partial charge < -0.3 is 14.7 Å². The topological polar surface area (TPSA) is 49.8 Å². The lowest BCUT2D eigenvalue weighted by atomic mass is 9.97. The summed E-state index contributed by atoms with van der Waals surface area (Å²) in [5.41, 5.74) is 0.760. The molecule has 0 aliphatic carbocycles. The fourth-order valence-corrected chi connectivity index (χ4v) is 2.39. The predicted octanol–water partition coefficient (Wildman–Crippen LogP) is 2.43. The lowest BCUT2D eigenvalue weighted by molar-refractivity contribution is -0.182. The van der Waals surface area contributed by atoms with Crippen LogP contribution in [0.3, 0.4) is 0 Å². The Hall–Kier alpha value is -1.76. The normalized spacial score (nSPS) is 22.4. The number of hydrogen-bond acceptors (Lipinski definition) is 3. The van der Waals surface area contributed by atoms with Crippen molar-refractivity contribution in [3.8, 4) is 0 Å². The molecule has 21 heavy (non-hydrogen) atoms. The fraction of sp³-hybridized carbons (Fsp3) is 0.500. The first-order valence-electron chi connectivity index (χ1n) is 6.55. The highest BCUT2D eigenvalue weighted by atomic mass is 19.4. The van der Waals surface area contributed by atoms with E-state index < -0.39 is 37.3 Å². The van der Waals surface area contributed by atoms with Crippen molar-refractivity contribution in [2.24, 2.45) is 11.8 Å². The number of alkyl halides is 3. The second kappa shape index (κ2) is 6.34. The number of ether oxygens (including phenoxy) is 1. The van der Waals surface area contributed by atoms with Crippen LogP contribution >= 0.6 is 0 Å². The van der Waals surface area contributed by atoms with E-state index in [0.717, 1.165) is 10.5 Å². The molecule has 116 valence electrons. The first kappa shape index (κ1) is 15.6. The van der Waals surface area contributed by atoms with Crippen molar-refractivity contribution in [2.75, 3.05) is 19.7 Å². The van der Waals surface area contributed by atoms with Crippen LogP contribution in [-0.2, 0) is 11.3 Å². The molecule has 0 aromatic heterocycles. The van der Waals surface area contributed by atoms with Crippen LogP contribution in [0.2, 0.25) is 0 Å². The Kier molecular flexibility index (Phi) is 4.72. The molecule has 0 saturated carbocycles. The van der Waals surface area contributed by atoms with Gasteiger partial charge in [-0.3, -0.25) is 0 Å². The van der Waals surface area contributed by atoms with Crippen LogP contribution in [0.4, 0.5) is 18.0 Å². The Morgan fingerprint density at radius 1 is 1.29 bits per heavy atom. The number of halogens is 3. The van der Waals surface area contributed by atoms with Gasteiger partial charge in [0.25, 0.3) is 0 Å². The molecule has 2 rings (SSSR count). The molecule has 2 atom stereocenters. The lowest BCUT2D eigenvalue weighted by Gasteiger charge is -2.19. The third-order valence-electron chi connectivity index (χ3n) is 3.56. The predicted molar refractivity (Wildman–Crippen MR) is 68.3 cm³/mol. The minimum Gasteiger partial charge on any atom is -0.445 e. The van der Waals surface area contributed by atoms with E-state index in [-0.39, 0.29) is 13.2 Å². The molecule has 1 saturated heterocycles. The van der Waals surface area contributed by atoms with Crippen LogP contribution in [0.5, 0.6) is 0 Å². The van der Waals surface area contributed by atoms with Crippen LogP contribution in [0.1, 0.15) is 5.56 Å². The van der Waals surface area contributed by atoms with Crippen molar-refractivity contribution in [1.29, 1.82) is 0 Å². The van der Waals surface area contributed by atoms with E-state index in [4.69, 9.17) is 9.84 Å². The number of aliphatic hydroxyl groups excluding tert-OH is 1. The van der Waals surface area contributed by atoms with Crippen LogP contribution in [0.15, 0.2) is 30.3 Å². The smallest absolute Gasteiger partial charge is 0.410 e. The summed E-state index contributed by atoms with van der Waals surface area (Å²) in [7, 11) is 0. The van der Waals surface area contributed by atoms with Crippen LogP contribution < -0.4 is 0 Å². The van der Waals surface area contributed by atoms with Gasteiger partial charge in [0.15, 0.2) is 0 Å². The van der Waals surface area contributed by atoms with Gasteiger partial charge in [0.05, 0.1) is 5.92 Å². The molecule has 7 heteroatoms. The number of carbonyl (C=O) groups excluding carboxylic acids is 1. The Bertz CT molecular complexity index is 478. The molecule has 4 nitrogen and oxygen atoms in total. The van der Waals surface area contributed by atoms with Crippen molar-refractivity contribution in [3.05, 3.63) is 35.9 Å². The molecule has 1 aromatic carbocycles. The molecule has 1 N–H and O–H groups in total. The molecule has 1 aliphatic rings. The average molecular weight is 303 g/mol. The fourth-order valence-electron chi connectivity index (χ4n) is 2.39. The van der Waals surface area contributed by atoms with E-state index in [1.165, 1.54) is 0 Å². The summed E-state index contributed by atoms with van der Waals surface area (Å²) in [5.74, 6) is -2.69. The largest absolute Gasteiger partial charge is 0.445 e. The number of nitrogens with zero attached hydrogens (tertiary/aromatic N) is 1. The molecule has 1 fully saturated rings. The maximum atomic E-state index is 12.8. The number of rotatable bonds is 3. The van der Waals surface area contributed by atoms with Crippen molar-refractivity contribution >= 4 is 6.09 Å². The zero-order valence-electron chi connectivity index (χ0n) is 11.2. The number of amides is 1. The van der Waals surface area contributed by atoms with Crippen molar-refractivity contribution in [2.45, 2.75) is 12.8 Å². The van der Waals surface area contributed by atoms with Gasteiger partial charge in [0.1, 0.15) is 6.61 Å². The zero-order valence-corrected chi connectivity index (χ0v) is 11.2. The molecule has 1 aliphatic heterocycles. The minimum absolute atomic E-state index is 0.0106. The van der Waals surface area contributed by atoms with Crippen molar-refractivity contribution in [3.63, 3.8) is 0 Å². The SMILES string of the molecule is O=C(OCc1ccccc1)N1CC(CO)C(C(F)(F)F)C1. The summed E-state index contributed by atoms with van der Waals surface area (Å²) in [4.78, 5) is 12.8. The second-order valence-electron chi connectivity index (χ2n) is 5.04. The van der Waals surface area contributed by atoms with Crippen LogP contribution in [0, 0.1) is 11.8 Å². The zero-order chi connectivity index (χ0) is 15.5. The van der Waals surface area contributed by atoms with E-state index in [2.05, 4.69) is 0 Å². The van der Waals surface area contributed by atoms with E-state index in [1.54, 1.807) is 24.3 Å². The highest BCUT2D eigenvalue weighted by Crippen LogP contribution is 2.37. The van der Waals surface area contributed by atoms with Gasteiger partial charge in [-0.15, -0.1) is 0 Å². The van der Waals surface area contributed by atoms with Gasteiger partial charge in [0, 0.05) is 25.6 Å². The summed E-state index contributed by atoms with van der Waals surface area (Å²) in [6, 6.07) is 8.88. The Morgan fingerprint density at radius 2 is 1.95 bits per heavy atom. The molecule has 2 unspecified atom stereocenters. The quantitative estimate of drug-likeness (QED) is 0.933. The van der Waals surface area contributed by atoms with E-state index in [1.807, 2.05) is 6.07 Å². The number of likely N-dealkylation sites (tertiary alicyclic amines) is 1. The number of benzene rings is 1. The molecule has 1 heterocycles. The standard InChI is InChI=1S/C14H16F3NO3/c15-14(16,17)12-7-18(6-11(12)8-19)13(20)21-9-10-4-2-1-3-5-10/h1-5,11-12,19H,6-9H2. The molecule has 0 spiro atoms. The summed E-state index contributed by atoms with van der Waals surface area (Å²) in [5, 5.41) is 9.03. The van der Waals surface area contributed by atoms with E-state index in [0.29, 0.717) is 0 Å². The molecule has 0 bridgehead atoms. The van der Waals surface area contributed by atoms with Crippen molar-refractivity contribution in [1.82, 2.24) is 4.90 Å².